The van der Waals surface area contributed by atoms with Gasteiger partial charge in [0.1, 0.15) is 6.54 Å². The minimum absolute atomic E-state index is 0.0766. The lowest BCUT2D eigenvalue weighted by atomic mass is 10.1. The van der Waals surface area contributed by atoms with E-state index in [9.17, 15) is 9.59 Å². The van der Waals surface area contributed by atoms with E-state index in [0.29, 0.717) is 6.42 Å². The van der Waals surface area contributed by atoms with Gasteiger partial charge in [0.25, 0.3) is 0 Å². The molecular formula is C12H17N3O3. The summed E-state index contributed by atoms with van der Waals surface area (Å²) >= 11 is 0. The van der Waals surface area contributed by atoms with E-state index in [0.717, 1.165) is 10.5 Å². The molecule has 0 heterocycles. The summed E-state index contributed by atoms with van der Waals surface area (Å²) in [7, 11) is 0. The first kappa shape index (κ1) is 14.0. The van der Waals surface area contributed by atoms with Gasteiger partial charge in [0, 0.05) is 12.6 Å². The molecular weight excluding hydrogens is 234 g/mol. The van der Waals surface area contributed by atoms with Crippen molar-refractivity contribution < 1.29 is 14.7 Å². The third-order valence-corrected chi connectivity index (χ3v) is 2.41. The molecule has 1 atom stereocenters. The Morgan fingerprint density at radius 3 is 2.39 bits per heavy atom. The van der Waals surface area contributed by atoms with Gasteiger partial charge in [-0.3, -0.25) is 9.69 Å². The number of amides is 2. The molecule has 98 valence electrons. The predicted octanol–water partition coefficient (Wildman–Crippen LogP) is 0.0217. The van der Waals surface area contributed by atoms with Gasteiger partial charge in [-0.15, -0.1) is 0 Å². The molecule has 6 heteroatoms. The van der Waals surface area contributed by atoms with Crippen LogP contribution < -0.4 is 11.5 Å². The van der Waals surface area contributed by atoms with Crippen LogP contribution in [0.4, 0.5) is 4.79 Å². The minimum Gasteiger partial charge on any atom is -0.465 e. The lowest BCUT2D eigenvalue weighted by molar-refractivity contribution is -0.118. The van der Waals surface area contributed by atoms with Crippen molar-refractivity contribution in [3.8, 4) is 0 Å². The molecule has 0 fully saturated rings. The molecule has 0 radical (unpaired) electrons. The number of nitrogens with zero attached hydrogens (tertiary/aromatic N) is 1. The van der Waals surface area contributed by atoms with E-state index in [2.05, 4.69) is 0 Å². The Hall–Kier alpha value is -2.08. The van der Waals surface area contributed by atoms with Gasteiger partial charge < -0.3 is 16.6 Å². The number of carboxylic acid groups (broad SMARTS) is 1. The van der Waals surface area contributed by atoms with Gasteiger partial charge in [-0.2, -0.15) is 0 Å². The van der Waals surface area contributed by atoms with Crippen LogP contribution in [0.3, 0.4) is 0 Å². The Balaban J connectivity index is 2.53. The molecule has 1 unspecified atom stereocenters. The van der Waals surface area contributed by atoms with E-state index in [1.807, 2.05) is 30.3 Å². The molecule has 2 amide bonds. The summed E-state index contributed by atoms with van der Waals surface area (Å²) < 4.78 is 0. The Morgan fingerprint density at radius 1 is 1.28 bits per heavy atom. The zero-order chi connectivity index (χ0) is 13.5. The van der Waals surface area contributed by atoms with Gasteiger partial charge in [0.05, 0.1) is 0 Å². The average Bonchev–Trinajstić information content (AvgIpc) is 2.28. The lowest BCUT2D eigenvalue weighted by Gasteiger charge is -2.21. The van der Waals surface area contributed by atoms with Crippen molar-refractivity contribution in [2.75, 3.05) is 13.1 Å². The summed E-state index contributed by atoms with van der Waals surface area (Å²) in [6.45, 7) is -0.259. The second kappa shape index (κ2) is 6.61. The standard InChI is InChI=1S/C12H17N3O3/c13-10(6-9-4-2-1-3-5-9)7-15(12(17)18)8-11(14)16/h1-5,10H,6-8,13H2,(H2,14,16)(H,17,18). The summed E-state index contributed by atoms with van der Waals surface area (Å²) in [5, 5.41) is 8.90. The van der Waals surface area contributed by atoms with E-state index < -0.39 is 12.0 Å². The second-order valence-electron chi connectivity index (χ2n) is 4.08. The van der Waals surface area contributed by atoms with Crippen LogP contribution in [0.25, 0.3) is 0 Å². The molecule has 18 heavy (non-hydrogen) atoms. The number of carbonyl (C=O) groups excluding carboxylic acids is 1. The first-order valence-electron chi connectivity index (χ1n) is 5.54. The van der Waals surface area contributed by atoms with Gasteiger partial charge >= 0.3 is 6.09 Å². The van der Waals surface area contributed by atoms with E-state index in [-0.39, 0.29) is 19.1 Å². The Morgan fingerprint density at radius 2 is 1.89 bits per heavy atom. The van der Waals surface area contributed by atoms with Crippen molar-refractivity contribution in [2.24, 2.45) is 11.5 Å². The van der Waals surface area contributed by atoms with Crippen LogP contribution in [0.5, 0.6) is 0 Å². The molecule has 6 nitrogen and oxygen atoms in total. The molecule has 5 N–H and O–H groups in total. The van der Waals surface area contributed by atoms with Crippen molar-refractivity contribution in [2.45, 2.75) is 12.5 Å². The average molecular weight is 251 g/mol. The number of nitrogens with two attached hydrogens (primary N) is 2. The van der Waals surface area contributed by atoms with E-state index in [4.69, 9.17) is 16.6 Å². The largest absolute Gasteiger partial charge is 0.465 e. The van der Waals surface area contributed by atoms with Crippen molar-refractivity contribution in [3.63, 3.8) is 0 Å². The van der Waals surface area contributed by atoms with E-state index >= 15 is 0 Å². The smallest absolute Gasteiger partial charge is 0.407 e. The van der Waals surface area contributed by atoms with Crippen molar-refractivity contribution in [3.05, 3.63) is 35.9 Å². The molecule has 0 saturated carbocycles. The van der Waals surface area contributed by atoms with Gasteiger partial charge in [-0.25, -0.2) is 4.79 Å². The topological polar surface area (TPSA) is 110 Å². The van der Waals surface area contributed by atoms with Gasteiger partial charge in [0.15, 0.2) is 0 Å². The first-order chi connectivity index (χ1) is 8.49. The molecule has 1 aromatic rings. The molecule has 1 rings (SSSR count). The number of hydrogen-bond acceptors (Lipinski definition) is 3. The fourth-order valence-corrected chi connectivity index (χ4v) is 1.66. The molecule has 1 aromatic carbocycles. The van der Waals surface area contributed by atoms with Crippen LogP contribution in [0.2, 0.25) is 0 Å². The van der Waals surface area contributed by atoms with Crippen LogP contribution in [0.1, 0.15) is 5.56 Å². The monoisotopic (exact) mass is 251 g/mol. The first-order valence-corrected chi connectivity index (χ1v) is 5.54. The third-order valence-electron chi connectivity index (χ3n) is 2.41. The fourth-order valence-electron chi connectivity index (χ4n) is 1.66. The summed E-state index contributed by atoms with van der Waals surface area (Å²) in [6.07, 6.45) is -0.652. The zero-order valence-electron chi connectivity index (χ0n) is 9.95. The maximum Gasteiger partial charge on any atom is 0.407 e. The molecule has 0 aromatic heterocycles. The predicted molar refractivity (Wildman–Crippen MR) is 66.9 cm³/mol. The van der Waals surface area contributed by atoms with Crippen molar-refractivity contribution in [1.82, 2.24) is 4.90 Å². The molecule has 0 spiro atoms. The van der Waals surface area contributed by atoms with E-state index in [1.54, 1.807) is 0 Å². The fraction of sp³-hybridized carbons (Fsp3) is 0.333. The third kappa shape index (κ3) is 4.84. The summed E-state index contributed by atoms with van der Waals surface area (Å²) in [5.74, 6) is -0.690. The highest BCUT2D eigenvalue weighted by Crippen LogP contribution is 2.03. The Bertz CT molecular complexity index is 408. The van der Waals surface area contributed by atoms with Crippen molar-refractivity contribution >= 4 is 12.0 Å². The summed E-state index contributed by atoms with van der Waals surface area (Å²) in [5.41, 5.74) is 11.9. The summed E-state index contributed by atoms with van der Waals surface area (Å²) in [4.78, 5) is 22.5. The number of carbonyl (C=O) groups is 2. The molecule has 0 aliphatic heterocycles. The maximum atomic E-state index is 10.9. The Kier molecular flexibility index (Phi) is 5.13. The molecule has 0 bridgehead atoms. The van der Waals surface area contributed by atoms with E-state index in [1.165, 1.54) is 0 Å². The Labute approximate surface area is 105 Å². The second-order valence-corrected chi connectivity index (χ2v) is 4.08. The zero-order valence-corrected chi connectivity index (χ0v) is 9.95. The van der Waals surface area contributed by atoms with Crippen LogP contribution in [0, 0.1) is 0 Å². The van der Waals surface area contributed by atoms with Crippen LogP contribution in [0.15, 0.2) is 30.3 Å². The van der Waals surface area contributed by atoms with Crippen LogP contribution >= 0.6 is 0 Å². The summed E-state index contributed by atoms with van der Waals surface area (Å²) in [6, 6.07) is 9.13. The molecule has 0 aliphatic carbocycles. The van der Waals surface area contributed by atoms with Gasteiger partial charge in [0.2, 0.25) is 5.91 Å². The van der Waals surface area contributed by atoms with Gasteiger partial charge in [-0.1, -0.05) is 30.3 Å². The quantitative estimate of drug-likeness (QED) is 0.662. The highest BCUT2D eigenvalue weighted by molar-refractivity contribution is 5.80. The number of rotatable bonds is 6. The number of benzene rings is 1. The lowest BCUT2D eigenvalue weighted by Crippen LogP contribution is -2.45. The number of hydrogen-bond donors (Lipinski definition) is 3. The SMILES string of the molecule is NC(=O)CN(CC(N)Cc1ccccc1)C(=O)O. The number of primary amides is 1. The molecule has 0 saturated heterocycles. The van der Waals surface area contributed by atoms with Crippen molar-refractivity contribution in [1.29, 1.82) is 0 Å². The highest BCUT2D eigenvalue weighted by Gasteiger charge is 2.17. The molecule has 0 aliphatic rings. The normalized spacial score (nSPS) is 11.8. The van der Waals surface area contributed by atoms with Crippen LogP contribution in [-0.2, 0) is 11.2 Å². The van der Waals surface area contributed by atoms with Gasteiger partial charge in [-0.05, 0) is 12.0 Å². The van der Waals surface area contributed by atoms with Crippen LogP contribution in [-0.4, -0.2) is 41.1 Å². The maximum absolute atomic E-state index is 10.9. The highest BCUT2D eigenvalue weighted by atomic mass is 16.4. The minimum atomic E-state index is -1.20.